The molecule has 2 atom stereocenters. The number of carbonyl (C=O) groups excluding carboxylic acids is 1. The van der Waals surface area contributed by atoms with Crippen LogP contribution in [0, 0.1) is 5.92 Å². The zero-order valence-electron chi connectivity index (χ0n) is 16.2. The van der Waals surface area contributed by atoms with Crippen molar-refractivity contribution in [1.29, 1.82) is 0 Å². The lowest BCUT2D eigenvalue weighted by Crippen LogP contribution is -2.37. The summed E-state index contributed by atoms with van der Waals surface area (Å²) in [7, 11) is 0. The van der Waals surface area contributed by atoms with Crippen LogP contribution < -0.4 is 9.64 Å². The van der Waals surface area contributed by atoms with Gasteiger partial charge < -0.3 is 19.3 Å². The summed E-state index contributed by atoms with van der Waals surface area (Å²) in [6, 6.07) is 6.13. The van der Waals surface area contributed by atoms with E-state index >= 15 is 0 Å². The fourth-order valence-corrected chi connectivity index (χ4v) is 4.32. The van der Waals surface area contributed by atoms with Crippen LogP contribution in [-0.4, -0.2) is 49.7 Å². The van der Waals surface area contributed by atoms with Crippen LogP contribution >= 0.6 is 0 Å². The SMILES string of the molecule is CC1OC=CC1C(=O)N1CCc2cc(OCCCN3CCCCC3)ccc21. The molecule has 1 amide bonds. The normalized spacial score (nSPS) is 24.7. The molecule has 27 heavy (non-hydrogen) atoms. The van der Waals surface area contributed by atoms with Gasteiger partial charge in [0, 0.05) is 18.8 Å². The summed E-state index contributed by atoms with van der Waals surface area (Å²) in [5.74, 6) is 0.867. The molecule has 3 aliphatic rings. The van der Waals surface area contributed by atoms with Crippen LogP contribution in [0.4, 0.5) is 5.69 Å². The molecular formula is C22H30N2O3. The minimum Gasteiger partial charge on any atom is -0.497 e. The first kappa shape index (κ1) is 18.4. The van der Waals surface area contributed by atoms with Gasteiger partial charge in [0.05, 0.1) is 18.8 Å². The second-order valence-electron chi connectivity index (χ2n) is 7.83. The van der Waals surface area contributed by atoms with E-state index in [4.69, 9.17) is 9.47 Å². The highest BCUT2D eigenvalue weighted by Crippen LogP contribution is 2.33. The first-order valence-electron chi connectivity index (χ1n) is 10.3. The zero-order chi connectivity index (χ0) is 18.6. The molecule has 3 heterocycles. The molecular weight excluding hydrogens is 340 g/mol. The number of piperidine rings is 1. The Balaban J connectivity index is 1.30. The van der Waals surface area contributed by atoms with Gasteiger partial charge in [0.2, 0.25) is 5.91 Å². The van der Waals surface area contributed by atoms with E-state index in [1.165, 1.54) is 37.9 Å². The monoisotopic (exact) mass is 370 g/mol. The van der Waals surface area contributed by atoms with Crippen LogP contribution in [0.25, 0.3) is 0 Å². The van der Waals surface area contributed by atoms with Crippen LogP contribution in [0.2, 0.25) is 0 Å². The smallest absolute Gasteiger partial charge is 0.237 e. The minimum absolute atomic E-state index is 0.0796. The second-order valence-corrected chi connectivity index (χ2v) is 7.83. The summed E-state index contributed by atoms with van der Waals surface area (Å²) in [5, 5.41) is 0. The van der Waals surface area contributed by atoms with E-state index in [1.54, 1.807) is 6.26 Å². The molecule has 3 aliphatic heterocycles. The molecule has 0 spiro atoms. The Hall–Kier alpha value is -2.01. The molecule has 4 rings (SSSR count). The third-order valence-corrected chi connectivity index (χ3v) is 5.92. The largest absolute Gasteiger partial charge is 0.497 e. The van der Waals surface area contributed by atoms with Crippen molar-refractivity contribution in [2.75, 3.05) is 37.7 Å². The number of nitrogens with zero attached hydrogens (tertiary/aromatic N) is 2. The number of carbonyl (C=O) groups is 1. The van der Waals surface area contributed by atoms with Crippen molar-refractivity contribution in [3.05, 3.63) is 36.1 Å². The van der Waals surface area contributed by atoms with Gasteiger partial charge in [0.1, 0.15) is 11.9 Å². The molecule has 1 fully saturated rings. The Bertz CT molecular complexity index is 697. The number of amides is 1. The van der Waals surface area contributed by atoms with Crippen molar-refractivity contribution in [3.8, 4) is 5.75 Å². The summed E-state index contributed by atoms with van der Waals surface area (Å²) in [6.07, 6.45) is 9.43. The summed E-state index contributed by atoms with van der Waals surface area (Å²) in [6.45, 7) is 7.04. The van der Waals surface area contributed by atoms with E-state index in [1.807, 2.05) is 30.0 Å². The third kappa shape index (κ3) is 4.13. The molecule has 0 aromatic heterocycles. The lowest BCUT2D eigenvalue weighted by molar-refractivity contribution is -0.122. The van der Waals surface area contributed by atoms with Crippen molar-refractivity contribution in [2.45, 2.75) is 45.1 Å². The average molecular weight is 370 g/mol. The highest BCUT2D eigenvalue weighted by molar-refractivity contribution is 5.98. The van der Waals surface area contributed by atoms with Gasteiger partial charge in [-0.1, -0.05) is 6.42 Å². The lowest BCUT2D eigenvalue weighted by atomic mass is 10.0. The number of likely N-dealkylation sites (tertiary alicyclic amines) is 1. The lowest BCUT2D eigenvalue weighted by Gasteiger charge is -2.26. The average Bonchev–Trinajstić information content (AvgIpc) is 3.31. The number of benzene rings is 1. The number of anilines is 1. The Morgan fingerprint density at radius 3 is 2.85 bits per heavy atom. The number of ether oxygens (including phenoxy) is 2. The Labute approximate surface area is 161 Å². The van der Waals surface area contributed by atoms with Crippen molar-refractivity contribution in [3.63, 3.8) is 0 Å². The van der Waals surface area contributed by atoms with E-state index < -0.39 is 0 Å². The van der Waals surface area contributed by atoms with Gasteiger partial charge in [0.25, 0.3) is 0 Å². The number of rotatable bonds is 6. The van der Waals surface area contributed by atoms with E-state index in [2.05, 4.69) is 11.0 Å². The van der Waals surface area contributed by atoms with Crippen molar-refractivity contribution in [1.82, 2.24) is 4.90 Å². The topological polar surface area (TPSA) is 42.0 Å². The summed E-state index contributed by atoms with van der Waals surface area (Å²) >= 11 is 0. The molecule has 2 unspecified atom stereocenters. The molecule has 1 saturated heterocycles. The van der Waals surface area contributed by atoms with Crippen molar-refractivity contribution >= 4 is 11.6 Å². The highest BCUT2D eigenvalue weighted by atomic mass is 16.5. The molecule has 0 bridgehead atoms. The van der Waals surface area contributed by atoms with Gasteiger partial charge in [-0.15, -0.1) is 0 Å². The molecule has 5 heteroatoms. The quantitative estimate of drug-likeness (QED) is 0.720. The predicted octanol–water partition coefficient (Wildman–Crippen LogP) is 3.38. The fourth-order valence-electron chi connectivity index (χ4n) is 4.32. The predicted molar refractivity (Wildman–Crippen MR) is 106 cm³/mol. The van der Waals surface area contributed by atoms with Crippen molar-refractivity contribution < 1.29 is 14.3 Å². The summed E-state index contributed by atoms with van der Waals surface area (Å²) in [5.41, 5.74) is 2.22. The Morgan fingerprint density at radius 1 is 1.22 bits per heavy atom. The first-order valence-corrected chi connectivity index (χ1v) is 10.3. The van der Waals surface area contributed by atoms with E-state index in [0.29, 0.717) is 0 Å². The Kier molecular flexibility index (Phi) is 5.67. The fraction of sp³-hybridized carbons (Fsp3) is 0.591. The highest BCUT2D eigenvalue weighted by Gasteiger charge is 2.34. The van der Waals surface area contributed by atoms with Crippen LogP contribution in [0.15, 0.2) is 30.5 Å². The maximum atomic E-state index is 12.8. The van der Waals surface area contributed by atoms with Crippen LogP contribution in [0.1, 0.15) is 38.2 Å². The standard InChI is InChI=1S/C22H30N2O3/c1-17-20(9-15-26-17)22(25)24-13-8-18-16-19(6-7-21(18)24)27-14-5-12-23-10-3-2-4-11-23/h6-7,9,15-17,20H,2-5,8,10-14H2,1H3. The first-order chi connectivity index (χ1) is 13.2. The maximum absolute atomic E-state index is 12.8. The van der Waals surface area contributed by atoms with Gasteiger partial charge in [-0.3, -0.25) is 4.79 Å². The molecule has 0 aliphatic carbocycles. The Morgan fingerprint density at radius 2 is 2.07 bits per heavy atom. The molecule has 0 N–H and O–H groups in total. The van der Waals surface area contributed by atoms with Gasteiger partial charge in [-0.2, -0.15) is 0 Å². The maximum Gasteiger partial charge on any atom is 0.237 e. The molecule has 1 aromatic rings. The summed E-state index contributed by atoms with van der Waals surface area (Å²) < 4.78 is 11.4. The van der Waals surface area contributed by atoms with Crippen molar-refractivity contribution in [2.24, 2.45) is 5.92 Å². The van der Waals surface area contributed by atoms with Crippen LogP contribution in [0.5, 0.6) is 5.75 Å². The molecule has 0 radical (unpaired) electrons. The minimum atomic E-state index is -0.179. The van der Waals surface area contributed by atoms with Gasteiger partial charge in [-0.25, -0.2) is 0 Å². The van der Waals surface area contributed by atoms with Gasteiger partial charge in [0.15, 0.2) is 0 Å². The molecule has 0 saturated carbocycles. The number of hydrogen-bond donors (Lipinski definition) is 0. The van der Waals surface area contributed by atoms with Crippen LogP contribution in [0.3, 0.4) is 0 Å². The summed E-state index contributed by atoms with van der Waals surface area (Å²) in [4.78, 5) is 17.3. The second kappa shape index (κ2) is 8.34. The van der Waals surface area contributed by atoms with E-state index in [9.17, 15) is 4.79 Å². The van der Waals surface area contributed by atoms with Gasteiger partial charge >= 0.3 is 0 Å². The number of fused-ring (bicyclic) bond motifs is 1. The number of hydrogen-bond acceptors (Lipinski definition) is 4. The van der Waals surface area contributed by atoms with E-state index in [0.717, 1.165) is 44.0 Å². The molecule has 5 nitrogen and oxygen atoms in total. The van der Waals surface area contributed by atoms with E-state index in [-0.39, 0.29) is 17.9 Å². The molecule has 146 valence electrons. The zero-order valence-corrected chi connectivity index (χ0v) is 16.2. The van der Waals surface area contributed by atoms with Crippen LogP contribution in [-0.2, 0) is 16.0 Å². The molecule has 1 aromatic carbocycles. The van der Waals surface area contributed by atoms with Gasteiger partial charge in [-0.05, 0) is 75.5 Å². The third-order valence-electron chi connectivity index (χ3n) is 5.92.